The molecule has 0 unspecified atom stereocenters. The molecule has 0 radical (unpaired) electrons. The van der Waals surface area contributed by atoms with Crippen LogP contribution in [0.5, 0.6) is 0 Å². The predicted octanol–water partition coefficient (Wildman–Crippen LogP) is 5.89. The number of aryl methyl sites for hydroxylation is 1. The molecule has 23 heavy (non-hydrogen) atoms. The predicted molar refractivity (Wildman–Crippen MR) is 99.0 cm³/mol. The second kappa shape index (κ2) is 10.5. The highest BCUT2D eigenvalue weighted by Crippen LogP contribution is 2.27. The molecule has 1 aliphatic heterocycles. The fourth-order valence-corrected chi connectivity index (χ4v) is 3.51. The number of amides is 1. The van der Waals surface area contributed by atoms with Crippen molar-refractivity contribution in [1.82, 2.24) is 0 Å². The maximum Gasteiger partial charge on any atom is 0.226 e. The quantitative estimate of drug-likeness (QED) is 0.493. The molecule has 1 aromatic carbocycles. The third-order valence-electron chi connectivity index (χ3n) is 4.91. The number of carbonyl (C=O) groups is 1. The SMILES string of the molecule is CCCCCCCCCCCC(=O)N1CCCc2ccccc21. The molecule has 0 saturated carbocycles. The summed E-state index contributed by atoms with van der Waals surface area (Å²) < 4.78 is 0. The number of anilines is 1. The van der Waals surface area contributed by atoms with Crippen molar-refractivity contribution in [1.29, 1.82) is 0 Å². The Morgan fingerprint density at radius 3 is 2.35 bits per heavy atom. The third-order valence-corrected chi connectivity index (χ3v) is 4.91. The van der Waals surface area contributed by atoms with Crippen LogP contribution in [0, 0.1) is 0 Å². The van der Waals surface area contributed by atoms with Gasteiger partial charge in [-0.2, -0.15) is 0 Å². The van der Waals surface area contributed by atoms with E-state index in [4.69, 9.17) is 0 Å². The second-order valence-electron chi connectivity index (χ2n) is 6.86. The van der Waals surface area contributed by atoms with Crippen LogP contribution in [0.2, 0.25) is 0 Å². The molecule has 1 amide bonds. The zero-order valence-corrected chi connectivity index (χ0v) is 14.9. The molecule has 1 heterocycles. The number of unbranched alkanes of at least 4 members (excludes halogenated alkanes) is 8. The van der Waals surface area contributed by atoms with Gasteiger partial charge in [-0.15, -0.1) is 0 Å². The number of carbonyl (C=O) groups excluding carboxylic acids is 1. The summed E-state index contributed by atoms with van der Waals surface area (Å²) in [5, 5.41) is 0. The van der Waals surface area contributed by atoms with Gasteiger partial charge in [0.15, 0.2) is 0 Å². The fourth-order valence-electron chi connectivity index (χ4n) is 3.51. The topological polar surface area (TPSA) is 20.3 Å². The zero-order valence-electron chi connectivity index (χ0n) is 14.9. The Balaban J connectivity index is 1.61. The molecule has 0 bridgehead atoms. The van der Waals surface area contributed by atoms with Crippen LogP contribution in [-0.2, 0) is 11.2 Å². The molecule has 0 spiro atoms. The standard InChI is InChI=1S/C21H33NO/c1-2-3-4-5-6-7-8-9-10-17-21(23)22-18-13-15-19-14-11-12-16-20(19)22/h11-12,14,16H,2-10,13,15,17-18H2,1H3. The van der Waals surface area contributed by atoms with E-state index in [-0.39, 0.29) is 0 Å². The van der Waals surface area contributed by atoms with Crippen molar-refractivity contribution in [2.45, 2.75) is 84.0 Å². The van der Waals surface area contributed by atoms with E-state index >= 15 is 0 Å². The Bertz CT molecular complexity index is 469. The first-order valence-corrected chi connectivity index (χ1v) is 9.71. The number of benzene rings is 1. The molecule has 0 N–H and O–H groups in total. The van der Waals surface area contributed by atoms with Crippen LogP contribution < -0.4 is 4.90 Å². The van der Waals surface area contributed by atoms with E-state index in [0.717, 1.165) is 31.5 Å². The van der Waals surface area contributed by atoms with Gasteiger partial charge >= 0.3 is 0 Å². The Morgan fingerprint density at radius 2 is 1.61 bits per heavy atom. The number of rotatable bonds is 10. The molecule has 0 fully saturated rings. The van der Waals surface area contributed by atoms with Gasteiger partial charge in [-0.05, 0) is 30.9 Å². The molecule has 0 aliphatic carbocycles. The monoisotopic (exact) mass is 315 g/mol. The Kier molecular flexibility index (Phi) is 8.20. The average molecular weight is 316 g/mol. The first-order valence-electron chi connectivity index (χ1n) is 9.71. The number of fused-ring (bicyclic) bond motifs is 1. The maximum atomic E-state index is 12.5. The van der Waals surface area contributed by atoms with Crippen molar-refractivity contribution in [2.24, 2.45) is 0 Å². The lowest BCUT2D eigenvalue weighted by Gasteiger charge is -2.29. The van der Waals surface area contributed by atoms with Gasteiger partial charge in [0.1, 0.15) is 0 Å². The van der Waals surface area contributed by atoms with Gasteiger partial charge in [0, 0.05) is 18.7 Å². The number of hydrogen-bond donors (Lipinski definition) is 0. The van der Waals surface area contributed by atoms with Crippen molar-refractivity contribution >= 4 is 11.6 Å². The van der Waals surface area contributed by atoms with E-state index in [1.807, 2.05) is 11.0 Å². The lowest BCUT2D eigenvalue weighted by atomic mass is 10.0. The highest BCUT2D eigenvalue weighted by Gasteiger charge is 2.21. The highest BCUT2D eigenvalue weighted by atomic mass is 16.2. The van der Waals surface area contributed by atoms with Crippen molar-refractivity contribution in [3.63, 3.8) is 0 Å². The number of nitrogens with zero attached hydrogens (tertiary/aromatic N) is 1. The average Bonchev–Trinajstić information content (AvgIpc) is 2.59. The molecule has 0 aromatic heterocycles. The van der Waals surface area contributed by atoms with Crippen molar-refractivity contribution in [3.8, 4) is 0 Å². The van der Waals surface area contributed by atoms with Gasteiger partial charge in [0.05, 0.1) is 0 Å². The van der Waals surface area contributed by atoms with Crippen molar-refractivity contribution < 1.29 is 4.79 Å². The van der Waals surface area contributed by atoms with Crippen LogP contribution in [0.4, 0.5) is 5.69 Å². The van der Waals surface area contributed by atoms with Gasteiger partial charge in [-0.3, -0.25) is 4.79 Å². The third kappa shape index (κ3) is 6.01. The Hall–Kier alpha value is -1.31. The molecular weight excluding hydrogens is 282 g/mol. The minimum Gasteiger partial charge on any atom is -0.312 e. The van der Waals surface area contributed by atoms with Gasteiger partial charge in [0.2, 0.25) is 5.91 Å². The van der Waals surface area contributed by atoms with Crippen LogP contribution in [0.3, 0.4) is 0 Å². The maximum absolute atomic E-state index is 12.5. The lowest BCUT2D eigenvalue weighted by molar-refractivity contribution is -0.118. The molecule has 1 aliphatic rings. The van der Waals surface area contributed by atoms with Crippen LogP contribution >= 0.6 is 0 Å². The first kappa shape index (κ1) is 18.0. The summed E-state index contributed by atoms with van der Waals surface area (Å²) in [5.74, 6) is 0.320. The van der Waals surface area contributed by atoms with E-state index in [1.54, 1.807) is 0 Å². The van der Waals surface area contributed by atoms with Crippen LogP contribution in [0.15, 0.2) is 24.3 Å². The second-order valence-corrected chi connectivity index (χ2v) is 6.86. The van der Waals surface area contributed by atoms with Gasteiger partial charge < -0.3 is 4.90 Å². The molecular formula is C21H33NO. The summed E-state index contributed by atoms with van der Waals surface area (Å²) >= 11 is 0. The minimum atomic E-state index is 0.320. The summed E-state index contributed by atoms with van der Waals surface area (Å²) in [5.41, 5.74) is 2.49. The lowest BCUT2D eigenvalue weighted by Crippen LogP contribution is -2.35. The molecule has 128 valence electrons. The van der Waals surface area contributed by atoms with E-state index < -0.39 is 0 Å². The fraction of sp³-hybridized carbons (Fsp3) is 0.667. The summed E-state index contributed by atoms with van der Waals surface area (Å²) in [7, 11) is 0. The molecule has 1 aromatic rings. The van der Waals surface area contributed by atoms with Crippen molar-refractivity contribution in [2.75, 3.05) is 11.4 Å². The largest absolute Gasteiger partial charge is 0.312 e. The summed E-state index contributed by atoms with van der Waals surface area (Å²) in [6.45, 7) is 3.16. The number of hydrogen-bond acceptors (Lipinski definition) is 1. The van der Waals surface area contributed by atoms with Crippen molar-refractivity contribution in [3.05, 3.63) is 29.8 Å². The smallest absolute Gasteiger partial charge is 0.226 e. The molecule has 2 nitrogen and oxygen atoms in total. The summed E-state index contributed by atoms with van der Waals surface area (Å²) in [4.78, 5) is 14.5. The number of para-hydroxylation sites is 1. The van der Waals surface area contributed by atoms with Crippen LogP contribution in [0.1, 0.15) is 83.1 Å². The van der Waals surface area contributed by atoms with E-state index in [1.165, 1.54) is 56.9 Å². The molecule has 0 saturated heterocycles. The first-order chi connectivity index (χ1) is 11.3. The Morgan fingerprint density at radius 1 is 0.957 bits per heavy atom. The molecule has 0 atom stereocenters. The minimum absolute atomic E-state index is 0.320. The Labute approximate surface area is 142 Å². The van der Waals surface area contributed by atoms with Gasteiger partial charge in [0.25, 0.3) is 0 Å². The van der Waals surface area contributed by atoms with E-state index in [9.17, 15) is 4.79 Å². The normalized spacial score (nSPS) is 13.9. The van der Waals surface area contributed by atoms with E-state index in [2.05, 4.69) is 25.1 Å². The summed E-state index contributed by atoms with van der Waals surface area (Å²) in [6.07, 6.45) is 14.6. The molecule has 2 rings (SSSR count). The van der Waals surface area contributed by atoms with Crippen LogP contribution in [-0.4, -0.2) is 12.5 Å². The van der Waals surface area contributed by atoms with Crippen LogP contribution in [0.25, 0.3) is 0 Å². The van der Waals surface area contributed by atoms with E-state index in [0.29, 0.717) is 12.3 Å². The molecule has 2 heteroatoms. The highest BCUT2D eigenvalue weighted by molar-refractivity contribution is 5.94. The summed E-state index contributed by atoms with van der Waals surface area (Å²) in [6, 6.07) is 8.38. The van der Waals surface area contributed by atoms with Gasteiger partial charge in [-0.25, -0.2) is 0 Å². The van der Waals surface area contributed by atoms with Gasteiger partial charge in [-0.1, -0.05) is 76.5 Å². The zero-order chi connectivity index (χ0) is 16.3.